The van der Waals surface area contributed by atoms with Crippen LogP contribution < -0.4 is 4.74 Å². The Labute approximate surface area is 179 Å². The molecular formula is C25H32N2O3. The first kappa shape index (κ1) is 20.9. The minimum atomic E-state index is -0.877. The molecule has 1 aliphatic carbocycles. The fraction of sp³-hybridized carbons (Fsp3) is 0.520. The van der Waals surface area contributed by atoms with Crippen molar-refractivity contribution in [2.75, 3.05) is 6.54 Å². The summed E-state index contributed by atoms with van der Waals surface area (Å²) in [6.45, 7) is 4.59. The number of carbonyl (C=O) groups excluding carboxylic acids is 1. The van der Waals surface area contributed by atoms with E-state index in [0.29, 0.717) is 24.5 Å². The Hall–Kier alpha value is -2.40. The van der Waals surface area contributed by atoms with E-state index in [1.807, 2.05) is 48.2 Å². The number of rotatable bonds is 5. The van der Waals surface area contributed by atoms with E-state index in [4.69, 9.17) is 4.74 Å². The third-order valence-electron chi connectivity index (χ3n) is 6.85. The summed E-state index contributed by atoms with van der Waals surface area (Å²) in [4.78, 5) is 19.9. The van der Waals surface area contributed by atoms with Gasteiger partial charge in [0.05, 0.1) is 11.7 Å². The third-order valence-corrected chi connectivity index (χ3v) is 6.85. The van der Waals surface area contributed by atoms with Gasteiger partial charge >= 0.3 is 0 Å². The first-order chi connectivity index (χ1) is 14.5. The van der Waals surface area contributed by atoms with Gasteiger partial charge in [0, 0.05) is 24.6 Å². The predicted molar refractivity (Wildman–Crippen MR) is 116 cm³/mol. The van der Waals surface area contributed by atoms with Crippen molar-refractivity contribution in [2.24, 2.45) is 5.92 Å². The topological polar surface area (TPSA) is 62.7 Å². The molecule has 4 rings (SSSR count). The van der Waals surface area contributed by atoms with Crippen molar-refractivity contribution in [1.29, 1.82) is 0 Å². The number of pyridine rings is 1. The summed E-state index contributed by atoms with van der Waals surface area (Å²) < 4.78 is 5.82. The fourth-order valence-corrected chi connectivity index (χ4v) is 5.06. The number of aliphatic hydroxyl groups is 1. The zero-order valence-corrected chi connectivity index (χ0v) is 18.0. The maximum absolute atomic E-state index is 13.4. The molecule has 1 N–H and O–H groups in total. The highest BCUT2D eigenvalue weighted by Gasteiger charge is 2.50. The molecule has 1 amide bonds. The van der Waals surface area contributed by atoms with Crippen LogP contribution in [0, 0.1) is 5.92 Å². The molecule has 0 radical (unpaired) electrons. The van der Waals surface area contributed by atoms with Crippen LogP contribution in [0.2, 0.25) is 0 Å². The van der Waals surface area contributed by atoms with Crippen molar-refractivity contribution in [3.05, 3.63) is 59.8 Å². The summed E-state index contributed by atoms with van der Waals surface area (Å²) in [6, 6.07) is 15.4. The van der Waals surface area contributed by atoms with Crippen LogP contribution >= 0.6 is 0 Å². The van der Waals surface area contributed by atoms with E-state index in [1.165, 1.54) is 0 Å². The molecule has 5 heteroatoms. The maximum atomic E-state index is 13.4. The van der Waals surface area contributed by atoms with E-state index < -0.39 is 5.60 Å². The number of hydrogen-bond donors (Lipinski definition) is 1. The van der Waals surface area contributed by atoms with Crippen molar-refractivity contribution in [2.45, 2.75) is 70.1 Å². The summed E-state index contributed by atoms with van der Waals surface area (Å²) in [7, 11) is 0. The first-order valence-corrected chi connectivity index (χ1v) is 11.3. The molecule has 1 aromatic heterocycles. The molecule has 0 bridgehead atoms. The summed E-state index contributed by atoms with van der Waals surface area (Å²) in [5.41, 5.74) is 0.513. The average Bonchev–Trinajstić information content (AvgIpc) is 2.80. The van der Waals surface area contributed by atoms with Gasteiger partial charge in [-0.15, -0.1) is 0 Å². The van der Waals surface area contributed by atoms with Crippen molar-refractivity contribution in [1.82, 2.24) is 9.88 Å². The lowest BCUT2D eigenvalue weighted by Gasteiger charge is -2.52. The minimum Gasteiger partial charge on any atom is -0.475 e. The molecule has 1 saturated heterocycles. The Morgan fingerprint density at radius 2 is 1.97 bits per heavy atom. The van der Waals surface area contributed by atoms with E-state index in [2.05, 4.69) is 11.9 Å². The Kier molecular flexibility index (Phi) is 6.09. The number of piperidine rings is 1. The second-order valence-electron chi connectivity index (χ2n) is 8.69. The van der Waals surface area contributed by atoms with E-state index >= 15 is 0 Å². The van der Waals surface area contributed by atoms with Gasteiger partial charge in [0.25, 0.3) is 5.91 Å². The molecule has 30 heavy (non-hydrogen) atoms. The van der Waals surface area contributed by atoms with E-state index in [0.717, 1.165) is 37.7 Å². The van der Waals surface area contributed by atoms with E-state index in [9.17, 15) is 9.90 Å². The number of nitrogens with zero attached hydrogens (tertiary/aromatic N) is 2. The number of amides is 1. The van der Waals surface area contributed by atoms with Crippen molar-refractivity contribution in [3.8, 4) is 5.88 Å². The van der Waals surface area contributed by atoms with Gasteiger partial charge in [0.1, 0.15) is 5.69 Å². The molecule has 1 unspecified atom stereocenters. The standard InChI is InChI=1S/C25H32N2O3/c1-3-18(2)30-23-15-9-13-21(26-23)24(28)27-17-16-25(29,19-10-5-4-6-11-19)20-12-7-8-14-22(20)27/h4-6,9-11,13,15,18,20,22,29H,3,7-8,12,14,16-17H2,1-2H3/t18?,20-,22+,25-/m0/s1. The Morgan fingerprint density at radius 3 is 2.73 bits per heavy atom. The van der Waals surface area contributed by atoms with Crippen LogP contribution in [0.15, 0.2) is 48.5 Å². The molecule has 1 aliphatic heterocycles. The molecule has 5 nitrogen and oxygen atoms in total. The summed E-state index contributed by atoms with van der Waals surface area (Å²) in [6.07, 6.45) is 5.52. The molecule has 160 valence electrons. The van der Waals surface area contributed by atoms with Crippen LogP contribution in [-0.2, 0) is 5.60 Å². The van der Waals surface area contributed by atoms with Crippen LogP contribution in [-0.4, -0.2) is 39.6 Å². The van der Waals surface area contributed by atoms with Crippen LogP contribution in [0.5, 0.6) is 5.88 Å². The second kappa shape index (κ2) is 8.76. The van der Waals surface area contributed by atoms with Gasteiger partial charge in [-0.2, -0.15) is 0 Å². The van der Waals surface area contributed by atoms with Crippen LogP contribution in [0.25, 0.3) is 0 Å². The minimum absolute atomic E-state index is 0.0335. The predicted octanol–water partition coefficient (Wildman–Crippen LogP) is 4.55. The van der Waals surface area contributed by atoms with E-state index in [1.54, 1.807) is 12.1 Å². The van der Waals surface area contributed by atoms with Crippen molar-refractivity contribution in [3.63, 3.8) is 0 Å². The highest BCUT2D eigenvalue weighted by molar-refractivity contribution is 5.92. The van der Waals surface area contributed by atoms with Gasteiger partial charge in [-0.3, -0.25) is 4.79 Å². The van der Waals surface area contributed by atoms with Crippen LogP contribution in [0.3, 0.4) is 0 Å². The molecule has 2 heterocycles. The number of likely N-dealkylation sites (tertiary alicyclic amines) is 1. The fourth-order valence-electron chi connectivity index (χ4n) is 5.06. The largest absolute Gasteiger partial charge is 0.475 e. The summed E-state index contributed by atoms with van der Waals surface area (Å²) in [5.74, 6) is 0.482. The number of fused-ring (bicyclic) bond motifs is 1. The zero-order valence-electron chi connectivity index (χ0n) is 18.0. The van der Waals surface area contributed by atoms with Crippen LogP contribution in [0.4, 0.5) is 0 Å². The third kappa shape index (κ3) is 3.95. The number of carbonyl (C=O) groups is 1. The Morgan fingerprint density at radius 1 is 1.20 bits per heavy atom. The monoisotopic (exact) mass is 408 g/mol. The molecule has 1 saturated carbocycles. The number of ether oxygens (including phenoxy) is 1. The molecule has 1 aromatic carbocycles. The lowest BCUT2D eigenvalue weighted by atomic mass is 9.66. The van der Waals surface area contributed by atoms with Gasteiger partial charge in [-0.25, -0.2) is 4.98 Å². The van der Waals surface area contributed by atoms with Gasteiger partial charge < -0.3 is 14.7 Å². The number of aromatic nitrogens is 1. The number of hydrogen-bond acceptors (Lipinski definition) is 4. The SMILES string of the molecule is CCC(C)Oc1cccc(C(=O)N2CC[C@](O)(c3ccccc3)[C@H]3CCCC[C@H]32)n1. The van der Waals surface area contributed by atoms with Crippen molar-refractivity contribution < 1.29 is 14.6 Å². The van der Waals surface area contributed by atoms with Gasteiger partial charge in [0.2, 0.25) is 5.88 Å². The lowest BCUT2D eigenvalue weighted by molar-refractivity contribution is -0.110. The smallest absolute Gasteiger partial charge is 0.272 e. The zero-order chi connectivity index (χ0) is 21.1. The summed E-state index contributed by atoms with van der Waals surface area (Å²) in [5, 5.41) is 11.7. The van der Waals surface area contributed by atoms with Crippen LogP contribution in [0.1, 0.15) is 68.4 Å². The second-order valence-corrected chi connectivity index (χ2v) is 8.69. The first-order valence-electron chi connectivity index (χ1n) is 11.3. The van der Waals surface area contributed by atoms with Gasteiger partial charge in [-0.1, -0.05) is 56.2 Å². The van der Waals surface area contributed by atoms with Gasteiger partial charge in [-0.05, 0) is 44.2 Å². The Bertz CT molecular complexity index is 872. The average molecular weight is 409 g/mol. The molecule has 0 spiro atoms. The van der Waals surface area contributed by atoms with Crippen molar-refractivity contribution >= 4 is 5.91 Å². The summed E-state index contributed by atoms with van der Waals surface area (Å²) >= 11 is 0. The quantitative estimate of drug-likeness (QED) is 0.788. The molecule has 2 aliphatic rings. The lowest BCUT2D eigenvalue weighted by Crippen LogP contribution is -2.59. The molecule has 2 fully saturated rings. The maximum Gasteiger partial charge on any atom is 0.272 e. The molecule has 2 aromatic rings. The highest BCUT2D eigenvalue weighted by Crippen LogP contribution is 2.47. The van der Waals surface area contributed by atoms with E-state index in [-0.39, 0.29) is 24.0 Å². The Balaban J connectivity index is 1.59. The highest BCUT2D eigenvalue weighted by atomic mass is 16.5. The normalized spacial score (nSPS) is 27.2. The molecule has 4 atom stereocenters. The van der Waals surface area contributed by atoms with Gasteiger partial charge in [0.15, 0.2) is 0 Å². The number of benzene rings is 1. The molecular weight excluding hydrogens is 376 g/mol.